The molecule has 3 rings (SSSR count). The number of nitrogens with one attached hydrogen (secondary N) is 2. The number of aromatic nitrogens is 3. The number of para-hydroxylation sites is 2. The van der Waals surface area contributed by atoms with Crippen LogP contribution in [0.4, 0.5) is 5.13 Å². The van der Waals surface area contributed by atoms with Gasteiger partial charge in [0.15, 0.2) is 11.0 Å². The summed E-state index contributed by atoms with van der Waals surface area (Å²) in [5.41, 5.74) is 2.77. The number of benzene rings is 1. The van der Waals surface area contributed by atoms with Gasteiger partial charge in [-0.2, -0.15) is 0 Å². The number of carbonyl (C=O) groups is 1. The number of aromatic amines is 1. The molecule has 96 valence electrons. The lowest BCUT2D eigenvalue weighted by Crippen LogP contribution is -2.04. The molecule has 2 N–H and O–H groups in total. The van der Waals surface area contributed by atoms with Crippen LogP contribution in [0.1, 0.15) is 12.6 Å². The van der Waals surface area contributed by atoms with E-state index in [1.54, 1.807) is 0 Å². The van der Waals surface area contributed by atoms with Crippen molar-refractivity contribution in [3.8, 4) is 10.7 Å². The Bertz CT molecular complexity index is 726. The zero-order chi connectivity index (χ0) is 13.4. The Labute approximate surface area is 113 Å². The molecule has 5 nitrogen and oxygen atoms in total. The van der Waals surface area contributed by atoms with Gasteiger partial charge in [0.25, 0.3) is 0 Å². The molecule has 6 heteroatoms. The number of thiazole rings is 1. The maximum absolute atomic E-state index is 11.0. The molecule has 0 spiro atoms. The highest BCUT2D eigenvalue weighted by Gasteiger charge is 2.13. The summed E-state index contributed by atoms with van der Waals surface area (Å²) in [5, 5.41) is 3.29. The maximum Gasteiger partial charge on any atom is 0.223 e. The molecular weight excluding hydrogens is 260 g/mol. The number of hydrogen-bond acceptors (Lipinski definition) is 4. The lowest BCUT2D eigenvalue weighted by atomic mass is 10.3. The van der Waals surface area contributed by atoms with E-state index in [-0.39, 0.29) is 5.91 Å². The number of anilines is 1. The van der Waals surface area contributed by atoms with Crippen LogP contribution in [0.5, 0.6) is 0 Å². The van der Waals surface area contributed by atoms with E-state index in [0.717, 1.165) is 27.4 Å². The van der Waals surface area contributed by atoms with Gasteiger partial charge in [0.05, 0.1) is 21.6 Å². The second-order valence-electron chi connectivity index (χ2n) is 4.22. The zero-order valence-corrected chi connectivity index (χ0v) is 11.3. The van der Waals surface area contributed by atoms with Crippen LogP contribution in [0.15, 0.2) is 24.3 Å². The fourth-order valence-corrected chi connectivity index (χ4v) is 2.84. The molecule has 2 aromatic heterocycles. The fraction of sp³-hybridized carbons (Fsp3) is 0.154. The first-order valence-corrected chi connectivity index (χ1v) is 6.65. The average molecular weight is 272 g/mol. The number of rotatable bonds is 2. The summed E-state index contributed by atoms with van der Waals surface area (Å²) in [6, 6.07) is 7.86. The summed E-state index contributed by atoms with van der Waals surface area (Å²) in [5.74, 6) is 0.665. The highest BCUT2D eigenvalue weighted by molar-refractivity contribution is 7.19. The third-order valence-corrected chi connectivity index (χ3v) is 3.76. The fourth-order valence-electron chi connectivity index (χ4n) is 1.88. The third kappa shape index (κ3) is 2.22. The van der Waals surface area contributed by atoms with E-state index in [2.05, 4.69) is 20.3 Å². The van der Waals surface area contributed by atoms with Crippen molar-refractivity contribution < 1.29 is 4.79 Å². The molecule has 1 aromatic carbocycles. The van der Waals surface area contributed by atoms with Gasteiger partial charge in [-0.15, -0.1) is 0 Å². The monoisotopic (exact) mass is 272 g/mol. The number of hydrogen-bond donors (Lipinski definition) is 2. The van der Waals surface area contributed by atoms with E-state index in [0.29, 0.717) is 5.13 Å². The van der Waals surface area contributed by atoms with Crippen LogP contribution in [0.2, 0.25) is 0 Å². The highest BCUT2D eigenvalue weighted by atomic mass is 32.1. The predicted octanol–water partition coefficient (Wildman–Crippen LogP) is 2.95. The first-order chi connectivity index (χ1) is 9.13. The molecule has 2 heterocycles. The van der Waals surface area contributed by atoms with E-state index < -0.39 is 0 Å². The van der Waals surface area contributed by atoms with Crippen molar-refractivity contribution in [3.63, 3.8) is 0 Å². The van der Waals surface area contributed by atoms with Gasteiger partial charge in [-0.1, -0.05) is 23.5 Å². The number of aryl methyl sites for hydroxylation is 1. The molecule has 0 saturated heterocycles. The molecule has 0 radical (unpaired) electrons. The predicted molar refractivity (Wildman–Crippen MR) is 76.2 cm³/mol. The number of carbonyl (C=O) groups excluding carboxylic acids is 1. The smallest absolute Gasteiger partial charge is 0.223 e. The Morgan fingerprint density at radius 3 is 2.84 bits per heavy atom. The van der Waals surface area contributed by atoms with Crippen LogP contribution in [0.25, 0.3) is 21.7 Å². The Morgan fingerprint density at radius 1 is 1.32 bits per heavy atom. The van der Waals surface area contributed by atoms with Crippen LogP contribution in [-0.2, 0) is 4.79 Å². The topological polar surface area (TPSA) is 70.7 Å². The van der Waals surface area contributed by atoms with Gasteiger partial charge < -0.3 is 10.3 Å². The minimum absolute atomic E-state index is 0.120. The van der Waals surface area contributed by atoms with Crippen LogP contribution in [-0.4, -0.2) is 20.9 Å². The third-order valence-electron chi connectivity index (χ3n) is 2.68. The molecule has 0 aliphatic carbocycles. The van der Waals surface area contributed by atoms with Gasteiger partial charge >= 0.3 is 0 Å². The molecule has 1 amide bonds. The number of imidazole rings is 1. The molecule has 3 aromatic rings. The molecule has 0 saturated carbocycles. The second kappa shape index (κ2) is 4.47. The van der Waals surface area contributed by atoms with Crippen molar-refractivity contribution in [2.75, 3.05) is 5.32 Å². The standard InChI is InChI=1S/C13H12N4OS/c1-7-11(19-13(14-7)15-8(2)18)12-16-9-5-3-4-6-10(9)17-12/h3-6H,1-2H3,(H,16,17)(H,14,15,18). The molecule has 0 fully saturated rings. The normalized spacial score (nSPS) is 10.8. The number of H-pyrrole nitrogens is 1. The van der Waals surface area contributed by atoms with Crippen molar-refractivity contribution >= 4 is 33.4 Å². The first kappa shape index (κ1) is 11.9. The Kier molecular flexibility index (Phi) is 2.79. The summed E-state index contributed by atoms with van der Waals surface area (Å²) in [6.07, 6.45) is 0. The highest BCUT2D eigenvalue weighted by Crippen LogP contribution is 2.31. The van der Waals surface area contributed by atoms with E-state index in [1.165, 1.54) is 18.3 Å². The van der Waals surface area contributed by atoms with Crippen molar-refractivity contribution in [1.29, 1.82) is 0 Å². The van der Waals surface area contributed by atoms with Gasteiger partial charge in [0.1, 0.15) is 0 Å². The van der Waals surface area contributed by atoms with Crippen molar-refractivity contribution in [2.45, 2.75) is 13.8 Å². The van der Waals surface area contributed by atoms with Crippen LogP contribution >= 0.6 is 11.3 Å². The molecule has 0 bridgehead atoms. The zero-order valence-electron chi connectivity index (χ0n) is 10.5. The Morgan fingerprint density at radius 2 is 2.11 bits per heavy atom. The second-order valence-corrected chi connectivity index (χ2v) is 5.22. The van der Waals surface area contributed by atoms with Gasteiger partial charge in [-0.3, -0.25) is 4.79 Å². The quantitative estimate of drug-likeness (QED) is 0.753. The molecule has 0 aliphatic heterocycles. The summed E-state index contributed by atoms with van der Waals surface area (Å²) in [7, 11) is 0. The average Bonchev–Trinajstić information content (AvgIpc) is 2.91. The summed E-state index contributed by atoms with van der Waals surface area (Å²) in [4.78, 5) is 24.1. The number of amides is 1. The maximum atomic E-state index is 11.0. The molecule has 19 heavy (non-hydrogen) atoms. The minimum atomic E-state index is -0.120. The Balaban J connectivity index is 2.05. The lowest BCUT2D eigenvalue weighted by molar-refractivity contribution is -0.114. The van der Waals surface area contributed by atoms with E-state index >= 15 is 0 Å². The molecule has 0 aliphatic rings. The summed E-state index contributed by atoms with van der Waals surface area (Å²) >= 11 is 1.42. The summed E-state index contributed by atoms with van der Waals surface area (Å²) < 4.78 is 0. The van der Waals surface area contributed by atoms with Crippen LogP contribution in [0, 0.1) is 6.92 Å². The van der Waals surface area contributed by atoms with Gasteiger partial charge in [0, 0.05) is 6.92 Å². The first-order valence-electron chi connectivity index (χ1n) is 5.83. The summed E-state index contributed by atoms with van der Waals surface area (Å²) in [6.45, 7) is 3.38. The van der Waals surface area contributed by atoms with Gasteiger partial charge in [0.2, 0.25) is 5.91 Å². The van der Waals surface area contributed by atoms with E-state index in [9.17, 15) is 4.79 Å². The Hall–Kier alpha value is -2.21. The van der Waals surface area contributed by atoms with Gasteiger partial charge in [-0.05, 0) is 19.1 Å². The van der Waals surface area contributed by atoms with Crippen molar-refractivity contribution in [1.82, 2.24) is 15.0 Å². The number of nitrogens with zero attached hydrogens (tertiary/aromatic N) is 2. The van der Waals surface area contributed by atoms with Crippen molar-refractivity contribution in [3.05, 3.63) is 30.0 Å². The van der Waals surface area contributed by atoms with Crippen LogP contribution in [0.3, 0.4) is 0 Å². The lowest BCUT2D eigenvalue weighted by Gasteiger charge is -1.92. The van der Waals surface area contributed by atoms with Gasteiger partial charge in [-0.25, -0.2) is 9.97 Å². The van der Waals surface area contributed by atoms with E-state index in [1.807, 2.05) is 31.2 Å². The van der Waals surface area contributed by atoms with E-state index in [4.69, 9.17) is 0 Å². The molecular formula is C13H12N4OS. The van der Waals surface area contributed by atoms with Crippen LogP contribution < -0.4 is 5.32 Å². The minimum Gasteiger partial charge on any atom is -0.337 e. The number of fused-ring (bicyclic) bond motifs is 1. The SMILES string of the molecule is CC(=O)Nc1nc(C)c(-c2nc3ccccc3[nH]2)s1. The molecule has 0 atom stereocenters. The largest absolute Gasteiger partial charge is 0.337 e. The molecule has 0 unspecified atom stereocenters. The van der Waals surface area contributed by atoms with Crippen molar-refractivity contribution in [2.24, 2.45) is 0 Å².